The quantitative estimate of drug-likeness (QED) is 0.339. The van der Waals surface area contributed by atoms with Gasteiger partial charge in [0, 0.05) is 17.4 Å². The first-order chi connectivity index (χ1) is 15.7. The Kier molecular flexibility index (Phi) is 5.30. The largest absolute Gasteiger partial charge is 0.492 e. The van der Waals surface area contributed by atoms with Gasteiger partial charge in [-0.15, -0.1) is 0 Å². The molecule has 0 radical (unpaired) electrons. The zero-order valence-electron chi connectivity index (χ0n) is 18.1. The number of benzene rings is 3. The molecule has 2 aromatic heterocycles. The summed E-state index contributed by atoms with van der Waals surface area (Å²) in [6.45, 7) is 4.67. The van der Waals surface area contributed by atoms with Gasteiger partial charge in [-0.25, -0.2) is 9.97 Å². The molecule has 158 valence electrons. The Bertz CT molecular complexity index is 1380. The van der Waals surface area contributed by atoms with E-state index in [1.165, 1.54) is 5.56 Å². The highest BCUT2D eigenvalue weighted by Gasteiger charge is 2.18. The number of fused-ring (bicyclic) bond motifs is 1. The van der Waals surface area contributed by atoms with Crippen LogP contribution in [0.25, 0.3) is 27.8 Å². The molecule has 32 heavy (non-hydrogen) atoms. The first kappa shape index (κ1) is 19.8. The van der Waals surface area contributed by atoms with Crippen molar-refractivity contribution in [1.82, 2.24) is 14.5 Å². The van der Waals surface area contributed by atoms with Crippen LogP contribution in [0.2, 0.25) is 0 Å². The highest BCUT2D eigenvalue weighted by atomic mass is 16.5. The molecule has 0 aliphatic heterocycles. The van der Waals surface area contributed by atoms with Gasteiger partial charge in [-0.2, -0.15) is 0 Å². The van der Waals surface area contributed by atoms with E-state index >= 15 is 0 Å². The van der Waals surface area contributed by atoms with Crippen molar-refractivity contribution in [2.45, 2.75) is 13.8 Å². The van der Waals surface area contributed by atoms with E-state index in [1.807, 2.05) is 49.4 Å². The Balaban J connectivity index is 1.73. The molecule has 0 aliphatic rings. The zero-order valence-corrected chi connectivity index (χ0v) is 18.1. The smallest absolute Gasteiger partial charge is 0.150 e. The highest BCUT2D eigenvalue weighted by Crippen LogP contribution is 2.37. The topological polar surface area (TPSA) is 52.0 Å². The molecule has 0 atom stereocenters. The van der Waals surface area contributed by atoms with Crippen molar-refractivity contribution < 1.29 is 4.74 Å². The van der Waals surface area contributed by atoms with Crippen molar-refractivity contribution in [3.8, 4) is 22.6 Å². The van der Waals surface area contributed by atoms with Crippen molar-refractivity contribution in [1.29, 1.82) is 0 Å². The van der Waals surface area contributed by atoms with Crippen molar-refractivity contribution >= 4 is 22.5 Å². The van der Waals surface area contributed by atoms with E-state index in [0.717, 1.165) is 45.1 Å². The molecule has 1 N–H and O–H groups in total. The van der Waals surface area contributed by atoms with Gasteiger partial charge in [-0.1, -0.05) is 54.6 Å². The Hall–Kier alpha value is -4.12. The Morgan fingerprint density at radius 2 is 1.72 bits per heavy atom. The van der Waals surface area contributed by atoms with Crippen LogP contribution in [0.1, 0.15) is 12.5 Å². The molecule has 5 rings (SSSR count). The summed E-state index contributed by atoms with van der Waals surface area (Å²) in [5.41, 5.74) is 6.16. The second-order valence-electron chi connectivity index (χ2n) is 7.59. The maximum absolute atomic E-state index is 5.81. The summed E-state index contributed by atoms with van der Waals surface area (Å²) < 4.78 is 7.94. The van der Waals surface area contributed by atoms with Gasteiger partial charge < -0.3 is 14.6 Å². The normalized spacial score (nSPS) is 10.9. The van der Waals surface area contributed by atoms with Crippen LogP contribution in [-0.2, 0) is 0 Å². The Morgan fingerprint density at radius 1 is 0.906 bits per heavy atom. The average Bonchev–Trinajstić information content (AvgIpc) is 3.22. The van der Waals surface area contributed by atoms with Gasteiger partial charge in [0.25, 0.3) is 0 Å². The minimum atomic E-state index is 0.594. The minimum Gasteiger partial charge on any atom is -0.492 e. The van der Waals surface area contributed by atoms with Crippen LogP contribution in [-0.4, -0.2) is 21.1 Å². The minimum absolute atomic E-state index is 0.594. The summed E-state index contributed by atoms with van der Waals surface area (Å²) in [4.78, 5) is 9.30. The fraction of sp³-hybridized carbons (Fsp3) is 0.111. The lowest BCUT2D eigenvalue weighted by Crippen LogP contribution is -2.01. The molecule has 0 spiro atoms. The number of aromatic nitrogens is 3. The van der Waals surface area contributed by atoms with E-state index in [4.69, 9.17) is 4.74 Å². The molecule has 0 aliphatic carbocycles. The third-order valence-corrected chi connectivity index (χ3v) is 5.39. The predicted octanol–water partition coefficient (Wildman–Crippen LogP) is 6.54. The standard InChI is InChI=1S/C27H24N4O/c1-3-32-24-15-8-7-14-23(24)30-26-25-22(20-11-5-4-6-12-20)17-31(27(25)29-18-28-26)21-13-9-10-19(2)16-21/h4-18H,3H2,1-2H3,(H,28,29,30). The van der Waals surface area contributed by atoms with Crippen LogP contribution < -0.4 is 10.1 Å². The third-order valence-electron chi connectivity index (χ3n) is 5.39. The van der Waals surface area contributed by atoms with E-state index in [0.29, 0.717) is 6.61 Å². The number of para-hydroxylation sites is 2. The van der Waals surface area contributed by atoms with Crippen LogP contribution in [0, 0.1) is 6.92 Å². The summed E-state index contributed by atoms with van der Waals surface area (Å²) in [7, 11) is 0. The van der Waals surface area contributed by atoms with Gasteiger partial charge in [0.05, 0.1) is 17.7 Å². The molecule has 2 heterocycles. The number of hydrogen-bond acceptors (Lipinski definition) is 4. The van der Waals surface area contributed by atoms with Crippen LogP contribution in [0.5, 0.6) is 5.75 Å². The van der Waals surface area contributed by atoms with Crippen LogP contribution in [0.3, 0.4) is 0 Å². The number of nitrogens with one attached hydrogen (secondary N) is 1. The number of hydrogen-bond donors (Lipinski definition) is 1. The van der Waals surface area contributed by atoms with Gasteiger partial charge in [0.2, 0.25) is 0 Å². The Morgan fingerprint density at radius 3 is 2.53 bits per heavy atom. The number of aryl methyl sites for hydroxylation is 1. The first-order valence-electron chi connectivity index (χ1n) is 10.7. The monoisotopic (exact) mass is 420 g/mol. The fourth-order valence-corrected chi connectivity index (χ4v) is 3.95. The average molecular weight is 421 g/mol. The molecule has 0 saturated carbocycles. The number of anilines is 2. The zero-order chi connectivity index (χ0) is 21.9. The third kappa shape index (κ3) is 3.69. The van der Waals surface area contributed by atoms with Crippen LogP contribution in [0.4, 0.5) is 11.5 Å². The summed E-state index contributed by atoms with van der Waals surface area (Å²) in [6, 6.07) is 26.7. The lowest BCUT2D eigenvalue weighted by atomic mass is 10.1. The van der Waals surface area contributed by atoms with Crippen molar-refractivity contribution in [2.24, 2.45) is 0 Å². The molecular weight excluding hydrogens is 396 g/mol. The molecule has 0 fully saturated rings. The van der Waals surface area contributed by atoms with Gasteiger partial charge in [0.15, 0.2) is 5.65 Å². The van der Waals surface area contributed by atoms with E-state index < -0.39 is 0 Å². The molecule has 5 nitrogen and oxygen atoms in total. The summed E-state index contributed by atoms with van der Waals surface area (Å²) in [5.74, 6) is 1.54. The van der Waals surface area contributed by atoms with Gasteiger partial charge in [-0.3, -0.25) is 0 Å². The lowest BCUT2D eigenvalue weighted by Gasteiger charge is -2.13. The van der Waals surface area contributed by atoms with Crippen molar-refractivity contribution in [2.75, 3.05) is 11.9 Å². The highest BCUT2D eigenvalue weighted by molar-refractivity contribution is 6.03. The molecule has 3 aromatic carbocycles. The molecule has 0 amide bonds. The lowest BCUT2D eigenvalue weighted by molar-refractivity contribution is 0.342. The number of ether oxygens (including phenoxy) is 1. The van der Waals surface area contributed by atoms with E-state index in [9.17, 15) is 0 Å². The SMILES string of the molecule is CCOc1ccccc1Nc1ncnc2c1c(-c1ccccc1)cn2-c1cccc(C)c1. The Labute approximate surface area is 187 Å². The fourth-order valence-electron chi connectivity index (χ4n) is 3.95. The number of rotatable bonds is 6. The van der Waals surface area contributed by atoms with Crippen LogP contribution >= 0.6 is 0 Å². The van der Waals surface area contributed by atoms with Gasteiger partial charge in [-0.05, 0) is 49.2 Å². The maximum Gasteiger partial charge on any atom is 0.150 e. The molecule has 5 aromatic rings. The van der Waals surface area contributed by atoms with Gasteiger partial charge in [0.1, 0.15) is 17.9 Å². The van der Waals surface area contributed by atoms with E-state index in [2.05, 4.69) is 69.4 Å². The number of nitrogens with zero attached hydrogens (tertiary/aromatic N) is 3. The second-order valence-corrected chi connectivity index (χ2v) is 7.59. The molecule has 0 bridgehead atoms. The van der Waals surface area contributed by atoms with Crippen molar-refractivity contribution in [3.63, 3.8) is 0 Å². The van der Waals surface area contributed by atoms with Gasteiger partial charge >= 0.3 is 0 Å². The molecule has 0 unspecified atom stereocenters. The van der Waals surface area contributed by atoms with Crippen molar-refractivity contribution in [3.05, 3.63) is 97.0 Å². The van der Waals surface area contributed by atoms with E-state index in [-0.39, 0.29) is 0 Å². The predicted molar refractivity (Wildman–Crippen MR) is 130 cm³/mol. The first-order valence-corrected chi connectivity index (χ1v) is 10.7. The summed E-state index contributed by atoms with van der Waals surface area (Å²) in [6.07, 6.45) is 3.75. The second kappa shape index (κ2) is 8.55. The molecular formula is C27H24N4O. The van der Waals surface area contributed by atoms with E-state index in [1.54, 1.807) is 6.33 Å². The van der Waals surface area contributed by atoms with Crippen LogP contribution in [0.15, 0.2) is 91.4 Å². The summed E-state index contributed by atoms with van der Waals surface area (Å²) >= 11 is 0. The molecule has 0 saturated heterocycles. The molecule has 5 heteroatoms. The summed E-state index contributed by atoms with van der Waals surface area (Å²) in [5, 5.41) is 4.46. The maximum atomic E-state index is 5.81.